The topological polar surface area (TPSA) is 50.9 Å². The van der Waals surface area contributed by atoms with E-state index < -0.39 is 6.10 Å². The van der Waals surface area contributed by atoms with Gasteiger partial charge in [-0.1, -0.05) is 29.8 Å². The lowest BCUT2D eigenvalue weighted by Gasteiger charge is -2.09. The Kier molecular flexibility index (Phi) is 3.99. The number of aliphatic hydroxyl groups excluding tert-OH is 1. The predicted octanol–water partition coefficient (Wildman–Crippen LogP) is 4.79. The molecule has 0 aliphatic rings. The van der Waals surface area contributed by atoms with Crippen molar-refractivity contribution in [2.24, 2.45) is 0 Å². The van der Waals surface area contributed by atoms with Gasteiger partial charge >= 0.3 is 0 Å². The van der Waals surface area contributed by atoms with E-state index in [1.807, 2.05) is 53.1 Å². The van der Waals surface area contributed by atoms with Crippen molar-refractivity contribution in [3.8, 4) is 16.8 Å². The van der Waals surface area contributed by atoms with Crippen LogP contribution in [0, 0.1) is 0 Å². The van der Waals surface area contributed by atoms with Crippen molar-refractivity contribution < 1.29 is 5.11 Å². The molecular formula is C20H16ClN3O. The van der Waals surface area contributed by atoms with Crippen molar-refractivity contribution >= 4 is 22.6 Å². The highest BCUT2D eigenvalue weighted by molar-refractivity contribution is 6.32. The summed E-state index contributed by atoms with van der Waals surface area (Å²) in [5, 5.41) is 10.2. The molecule has 0 spiro atoms. The quantitative estimate of drug-likeness (QED) is 0.541. The highest BCUT2D eigenvalue weighted by Gasteiger charge is 2.10. The van der Waals surface area contributed by atoms with E-state index in [1.54, 1.807) is 19.4 Å². The lowest BCUT2D eigenvalue weighted by atomic mass is 10.1. The van der Waals surface area contributed by atoms with Crippen molar-refractivity contribution in [3.63, 3.8) is 0 Å². The first kappa shape index (κ1) is 15.8. The molecule has 2 heterocycles. The van der Waals surface area contributed by atoms with Crippen LogP contribution in [0.2, 0.25) is 5.15 Å². The molecule has 124 valence electrons. The third-order valence-electron chi connectivity index (χ3n) is 4.25. The van der Waals surface area contributed by atoms with Gasteiger partial charge in [-0.3, -0.25) is 4.57 Å². The average molecular weight is 350 g/mol. The molecule has 0 aliphatic carbocycles. The molecule has 0 radical (unpaired) electrons. The van der Waals surface area contributed by atoms with Gasteiger partial charge in [0.25, 0.3) is 0 Å². The van der Waals surface area contributed by atoms with E-state index in [4.69, 9.17) is 11.6 Å². The largest absolute Gasteiger partial charge is 0.389 e. The normalized spacial score (nSPS) is 12.4. The second-order valence-electron chi connectivity index (χ2n) is 5.93. The number of hydrogen-bond acceptors (Lipinski definition) is 3. The highest BCUT2D eigenvalue weighted by atomic mass is 35.5. The summed E-state index contributed by atoms with van der Waals surface area (Å²) in [4.78, 5) is 8.62. The molecule has 2 aromatic carbocycles. The van der Waals surface area contributed by atoms with Crippen LogP contribution in [0.3, 0.4) is 0 Å². The third kappa shape index (κ3) is 2.90. The van der Waals surface area contributed by atoms with Gasteiger partial charge in [-0.2, -0.15) is 0 Å². The molecule has 1 atom stereocenters. The maximum Gasteiger partial charge on any atom is 0.136 e. The fourth-order valence-electron chi connectivity index (χ4n) is 2.92. The number of nitrogens with zero attached hydrogens (tertiary/aromatic N) is 3. The summed E-state index contributed by atoms with van der Waals surface area (Å²) in [6, 6.07) is 17.7. The lowest BCUT2D eigenvalue weighted by Crippen LogP contribution is -1.94. The Labute approximate surface area is 150 Å². The lowest BCUT2D eigenvalue weighted by molar-refractivity contribution is 0.199. The van der Waals surface area contributed by atoms with E-state index in [9.17, 15) is 5.11 Å². The number of aromatic nitrogens is 3. The highest BCUT2D eigenvalue weighted by Crippen LogP contribution is 2.29. The van der Waals surface area contributed by atoms with E-state index in [2.05, 4.69) is 16.0 Å². The van der Waals surface area contributed by atoms with Gasteiger partial charge in [0.2, 0.25) is 0 Å². The van der Waals surface area contributed by atoms with Crippen molar-refractivity contribution in [2.45, 2.75) is 13.0 Å². The third-order valence-corrected chi connectivity index (χ3v) is 4.55. The molecule has 4 rings (SSSR count). The summed E-state index contributed by atoms with van der Waals surface area (Å²) >= 11 is 6.22. The Morgan fingerprint density at radius 1 is 1.04 bits per heavy atom. The SMILES string of the molecule is C[C@H](O)c1ccc2c(c1)ncn2-c1cccc(-c2cccnc2Cl)c1. The minimum Gasteiger partial charge on any atom is -0.389 e. The number of imidazole rings is 1. The van der Waals surface area contributed by atoms with E-state index in [0.29, 0.717) is 5.15 Å². The first-order valence-electron chi connectivity index (χ1n) is 8.00. The van der Waals surface area contributed by atoms with Crippen LogP contribution in [0.25, 0.3) is 27.8 Å². The van der Waals surface area contributed by atoms with Gasteiger partial charge in [-0.25, -0.2) is 9.97 Å². The number of pyridine rings is 1. The molecule has 0 amide bonds. The summed E-state index contributed by atoms with van der Waals surface area (Å²) in [6.45, 7) is 1.75. The van der Waals surface area contributed by atoms with Crippen molar-refractivity contribution in [1.29, 1.82) is 0 Å². The first-order chi connectivity index (χ1) is 12.1. The second kappa shape index (κ2) is 6.31. The summed E-state index contributed by atoms with van der Waals surface area (Å²) in [6.07, 6.45) is 2.96. The number of hydrogen-bond donors (Lipinski definition) is 1. The van der Waals surface area contributed by atoms with Crippen LogP contribution < -0.4 is 0 Å². The standard InChI is InChI=1S/C20H16ClN3O/c1-13(25)14-7-8-19-18(11-14)23-12-24(19)16-5-2-4-15(10-16)17-6-3-9-22-20(17)21/h2-13,25H,1H3/t13-/m0/s1. The van der Waals surface area contributed by atoms with Crippen molar-refractivity contribution in [2.75, 3.05) is 0 Å². The van der Waals surface area contributed by atoms with Crippen LogP contribution in [-0.4, -0.2) is 19.6 Å². The molecule has 25 heavy (non-hydrogen) atoms. The van der Waals surface area contributed by atoms with E-state index in [0.717, 1.165) is 33.4 Å². The Morgan fingerprint density at radius 3 is 2.72 bits per heavy atom. The molecule has 0 saturated heterocycles. The summed E-state index contributed by atoms with van der Waals surface area (Å²) in [7, 11) is 0. The van der Waals surface area contributed by atoms with Gasteiger partial charge < -0.3 is 5.11 Å². The fourth-order valence-corrected chi connectivity index (χ4v) is 3.15. The predicted molar refractivity (Wildman–Crippen MR) is 99.9 cm³/mol. The van der Waals surface area contributed by atoms with Crippen LogP contribution in [0.5, 0.6) is 0 Å². The molecule has 4 aromatic rings. The van der Waals surface area contributed by atoms with Gasteiger partial charge in [0.05, 0.1) is 17.1 Å². The minimum atomic E-state index is -0.509. The van der Waals surface area contributed by atoms with E-state index in [1.165, 1.54) is 0 Å². The Balaban J connectivity index is 1.82. The van der Waals surface area contributed by atoms with Gasteiger partial charge in [0.15, 0.2) is 0 Å². The van der Waals surface area contributed by atoms with Crippen LogP contribution in [0.15, 0.2) is 67.1 Å². The molecule has 1 N–H and O–H groups in total. The Hall–Kier alpha value is -2.69. The maximum absolute atomic E-state index is 9.74. The smallest absolute Gasteiger partial charge is 0.136 e. The van der Waals surface area contributed by atoms with Gasteiger partial charge in [-0.05, 0) is 54.4 Å². The number of aliphatic hydroxyl groups is 1. The first-order valence-corrected chi connectivity index (χ1v) is 8.37. The number of benzene rings is 2. The summed E-state index contributed by atoms with van der Waals surface area (Å²) in [5.74, 6) is 0. The molecular weight excluding hydrogens is 334 g/mol. The number of rotatable bonds is 3. The van der Waals surface area contributed by atoms with Crippen molar-refractivity contribution in [1.82, 2.24) is 14.5 Å². The zero-order chi connectivity index (χ0) is 17.4. The minimum absolute atomic E-state index is 0.483. The number of halogens is 1. The zero-order valence-corrected chi connectivity index (χ0v) is 14.4. The Morgan fingerprint density at radius 2 is 1.92 bits per heavy atom. The molecule has 5 heteroatoms. The Bertz CT molecular complexity index is 1060. The van der Waals surface area contributed by atoms with Gasteiger partial charge in [0, 0.05) is 17.4 Å². The monoisotopic (exact) mass is 349 g/mol. The van der Waals surface area contributed by atoms with Crippen LogP contribution in [0.1, 0.15) is 18.6 Å². The van der Waals surface area contributed by atoms with Crippen molar-refractivity contribution in [3.05, 3.63) is 77.8 Å². The molecule has 0 fully saturated rings. The molecule has 0 unspecified atom stereocenters. The second-order valence-corrected chi connectivity index (χ2v) is 6.29. The van der Waals surface area contributed by atoms with Crippen LogP contribution >= 0.6 is 11.6 Å². The average Bonchev–Trinajstić information content (AvgIpc) is 3.05. The van der Waals surface area contributed by atoms with E-state index >= 15 is 0 Å². The molecule has 0 aliphatic heterocycles. The molecule has 0 saturated carbocycles. The fraction of sp³-hybridized carbons (Fsp3) is 0.100. The number of fused-ring (bicyclic) bond motifs is 1. The summed E-state index contributed by atoms with van der Waals surface area (Å²) < 4.78 is 2.02. The van der Waals surface area contributed by atoms with Crippen LogP contribution in [-0.2, 0) is 0 Å². The van der Waals surface area contributed by atoms with Gasteiger partial charge in [-0.15, -0.1) is 0 Å². The molecule has 4 nitrogen and oxygen atoms in total. The molecule has 0 bridgehead atoms. The van der Waals surface area contributed by atoms with E-state index in [-0.39, 0.29) is 0 Å². The van der Waals surface area contributed by atoms with Gasteiger partial charge in [0.1, 0.15) is 11.5 Å². The zero-order valence-electron chi connectivity index (χ0n) is 13.6. The summed E-state index contributed by atoms with van der Waals surface area (Å²) in [5.41, 5.74) is 5.57. The maximum atomic E-state index is 9.74. The molecule has 2 aromatic heterocycles. The van der Waals surface area contributed by atoms with Crippen LogP contribution in [0.4, 0.5) is 0 Å².